The van der Waals surface area contributed by atoms with Crippen LogP contribution in [0.2, 0.25) is 0 Å². The van der Waals surface area contributed by atoms with Gasteiger partial charge in [0.1, 0.15) is 0 Å². The van der Waals surface area contributed by atoms with Gasteiger partial charge in [0.2, 0.25) is 0 Å². The Morgan fingerprint density at radius 1 is 1.03 bits per heavy atom. The van der Waals surface area contributed by atoms with Gasteiger partial charge in [-0.2, -0.15) is 0 Å². The number of anilines is 1. The highest BCUT2D eigenvalue weighted by Gasteiger charge is 2.25. The number of carbonyl (C=O) groups excluding carboxylic acids is 2. The molecule has 0 aliphatic carbocycles. The molecule has 3 heterocycles. The van der Waals surface area contributed by atoms with Crippen molar-refractivity contribution in [3.05, 3.63) is 59.4 Å². The molecule has 2 aromatic rings. The van der Waals surface area contributed by atoms with Gasteiger partial charge in [-0.25, -0.2) is 4.79 Å². The molecule has 170 valence electrons. The van der Waals surface area contributed by atoms with Crippen LogP contribution in [0.3, 0.4) is 0 Å². The minimum absolute atomic E-state index is 0.00371. The second-order valence-electron chi connectivity index (χ2n) is 8.82. The van der Waals surface area contributed by atoms with E-state index >= 15 is 0 Å². The monoisotopic (exact) mass is 435 g/mol. The number of hydrogen-bond acceptors (Lipinski definition) is 4. The van der Waals surface area contributed by atoms with E-state index in [0.29, 0.717) is 11.3 Å². The highest BCUT2D eigenvalue weighted by Crippen LogP contribution is 2.24. The standard InChI is InChI=1S/C25H33N5O2/c1-19-5-4-6-22(24(31)30-14-2-3-15-30)23(19)28-25(32)27-21-10-17-29(18-11-21)16-9-20-7-12-26-13-8-20/h4-8,12-13,21H,2-3,9-11,14-18H2,1H3,(H2,27,28,32). The second kappa shape index (κ2) is 10.6. The number of carbonyl (C=O) groups is 2. The molecule has 0 atom stereocenters. The molecule has 0 saturated carbocycles. The van der Waals surface area contributed by atoms with E-state index < -0.39 is 0 Å². The third-order valence-corrected chi connectivity index (χ3v) is 6.52. The summed E-state index contributed by atoms with van der Waals surface area (Å²) >= 11 is 0. The van der Waals surface area contributed by atoms with Gasteiger partial charge in [0.05, 0.1) is 11.3 Å². The van der Waals surface area contributed by atoms with E-state index in [9.17, 15) is 9.59 Å². The molecule has 0 spiro atoms. The third kappa shape index (κ3) is 5.65. The summed E-state index contributed by atoms with van der Waals surface area (Å²) in [5.74, 6) is 0.00371. The number of benzene rings is 1. The lowest BCUT2D eigenvalue weighted by Crippen LogP contribution is -2.46. The zero-order chi connectivity index (χ0) is 22.3. The average molecular weight is 436 g/mol. The number of rotatable bonds is 6. The Morgan fingerprint density at radius 3 is 2.47 bits per heavy atom. The predicted molar refractivity (Wildman–Crippen MR) is 126 cm³/mol. The fourth-order valence-electron chi connectivity index (χ4n) is 4.58. The van der Waals surface area contributed by atoms with E-state index in [1.165, 1.54) is 5.56 Å². The molecule has 0 bridgehead atoms. The van der Waals surface area contributed by atoms with Gasteiger partial charge >= 0.3 is 6.03 Å². The number of likely N-dealkylation sites (tertiary alicyclic amines) is 2. The van der Waals surface area contributed by atoms with Crippen molar-refractivity contribution in [2.24, 2.45) is 0 Å². The molecule has 2 saturated heterocycles. The first-order valence-corrected chi connectivity index (χ1v) is 11.7. The van der Waals surface area contributed by atoms with Gasteiger partial charge in [-0.1, -0.05) is 12.1 Å². The Morgan fingerprint density at radius 2 is 1.75 bits per heavy atom. The molecule has 0 unspecified atom stereocenters. The highest BCUT2D eigenvalue weighted by atomic mass is 16.2. The molecule has 3 amide bonds. The zero-order valence-corrected chi connectivity index (χ0v) is 18.8. The molecule has 7 heteroatoms. The normalized spacial score (nSPS) is 17.3. The summed E-state index contributed by atoms with van der Waals surface area (Å²) in [7, 11) is 0. The Balaban J connectivity index is 1.28. The topological polar surface area (TPSA) is 77.6 Å². The Labute approximate surface area is 190 Å². The van der Waals surface area contributed by atoms with Gasteiger partial charge in [-0.15, -0.1) is 0 Å². The molecule has 2 aliphatic heterocycles. The summed E-state index contributed by atoms with van der Waals surface area (Å²) in [5, 5.41) is 6.09. The SMILES string of the molecule is Cc1cccc(C(=O)N2CCCC2)c1NC(=O)NC1CCN(CCc2ccncc2)CC1. The van der Waals surface area contributed by atoms with Gasteiger partial charge in [-0.3, -0.25) is 9.78 Å². The summed E-state index contributed by atoms with van der Waals surface area (Å²) in [6, 6.07) is 9.66. The molecule has 1 aromatic carbocycles. The first kappa shape index (κ1) is 22.3. The van der Waals surface area contributed by atoms with Crippen molar-refractivity contribution < 1.29 is 9.59 Å². The van der Waals surface area contributed by atoms with Gasteiger partial charge < -0.3 is 20.4 Å². The third-order valence-electron chi connectivity index (χ3n) is 6.52. The van der Waals surface area contributed by atoms with Crippen LogP contribution < -0.4 is 10.6 Å². The number of piperidine rings is 1. The average Bonchev–Trinajstić information content (AvgIpc) is 3.35. The number of pyridine rings is 1. The number of nitrogens with zero attached hydrogens (tertiary/aromatic N) is 3. The maximum Gasteiger partial charge on any atom is 0.319 e. The fraction of sp³-hybridized carbons (Fsp3) is 0.480. The molecule has 7 nitrogen and oxygen atoms in total. The van der Waals surface area contributed by atoms with E-state index in [-0.39, 0.29) is 18.0 Å². The summed E-state index contributed by atoms with van der Waals surface area (Å²) < 4.78 is 0. The van der Waals surface area contributed by atoms with E-state index in [1.807, 2.05) is 42.4 Å². The van der Waals surface area contributed by atoms with Crippen molar-refractivity contribution >= 4 is 17.6 Å². The quantitative estimate of drug-likeness (QED) is 0.729. The van der Waals surface area contributed by atoms with Gasteiger partial charge in [0.25, 0.3) is 5.91 Å². The Bertz CT molecular complexity index is 919. The van der Waals surface area contributed by atoms with Crippen LogP contribution in [0.25, 0.3) is 0 Å². The van der Waals surface area contributed by atoms with Crippen LogP contribution >= 0.6 is 0 Å². The molecule has 2 N–H and O–H groups in total. The number of amides is 3. The lowest BCUT2D eigenvalue weighted by atomic mass is 10.0. The van der Waals surface area contributed by atoms with Crippen molar-refractivity contribution in [2.75, 3.05) is 38.0 Å². The lowest BCUT2D eigenvalue weighted by molar-refractivity contribution is 0.0793. The summed E-state index contributed by atoms with van der Waals surface area (Å²) in [4.78, 5) is 34.1. The summed E-state index contributed by atoms with van der Waals surface area (Å²) in [5.41, 5.74) is 3.40. The van der Waals surface area contributed by atoms with Crippen molar-refractivity contribution in [3.63, 3.8) is 0 Å². The number of urea groups is 1. The molecular weight excluding hydrogens is 402 g/mol. The molecule has 1 aromatic heterocycles. The Kier molecular flexibility index (Phi) is 7.37. The zero-order valence-electron chi connectivity index (χ0n) is 18.8. The van der Waals surface area contributed by atoms with Crippen molar-refractivity contribution in [1.82, 2.24) is 20.1 Å². The van der Waals surface area contributed by atoms with E-state index in [4.69, 9.17) is 0 Å². The van der Waals surface area contributed by atoms with Crippen LogP contribution in [-0.4, -0.2) is 65.5 Å². The minimum Gasteiger partial charge on any atom is -0.339 e. The predicted octanol–water partition coefficient (Wildman–Crippen LogP) is 3.45. The minimum atomic E-state index is -0.231. The molecular formula is C25H33N5O2. The second-order valence-corrected chi connectivity index (χ2v) is 8.82. The number of aryl methyl sites for hydroxylation is 1. The van der Waals surface area contributed by atoms with Crippen molar-refractivity contribution in [2.45, 2.75) is 45.1 Å². The highest BCUT2D eigenvalue weighted by molar-refractivity contribution is 6.04. The summed E-state index contributed by atoms with van der Waals surface area (Å²) in [6.07, 6.45) is 8.63. The van der Waals surface area contributed by atoms with Crippen LogP contribution in [0.4, 0.5) is 10.5 Å². The number of nitrogens with one attached hydrogen (secondary N) is 2. The van der Waals surface area contributed by atoms with E-state index in [0.717, 1.165) is 70.4 Å². The first-order valence-electron chi connectivity index (χ1n) is 11.7. The van der Waals surface area contributed by atoms with Crippen molar-refractivity contribution in [3.8, 4) is 0 Å². The number of aromatic nitrogens is 1. The first-order chi connectivity index (χ1) is 15.6. The molecule has 4 rings (SSSR count). The van der Waals surface area contributed by atoms with Crippen LogP contribution in [-0.2, 0) is 6.42 Å². The van der Waals surface area contributed by atoms with Crippen LogP contribution in [0.1, 0.15) is 47.2 Å². The van der Waals surface area contributed by atoms with Crippen molar-refractivity contribution in [1.29, 1.82) is 0 Å². The van der Waals surface area contributed by atoms with Gasteiger partial charge in [0, 0.05) is 51.2 Å². The van der Waals surface area contributed by atoms with Crippen LogP contribution in [0, 0.1) is 6.92 Å². The fourth-order valence-corrected chi connectivity index (χ4v) is 4.58. The maximum absolute atomic E-state index is 12.9. The molecule has 32 heavy (non-hydrogen) atoms. The molecule has 2 fully saturated rings. The van der Waals surface area contributed by atoms with E-state index in [2.05, 4.69) is 32.7 Å². The number of hydrogen-bond donors (Lipinski definition) is 2. The lowest BCUT2D eigenvalue weighted by Gasteiger charge is -2.32. The summed E-state index contributed by atoms with van der Waals surface area (Å²) in [6.45, 7) is 6.47. The van der Waals surface area contributed by atoms with Crippen LogP contribution in [0.5, 0.6) is 0 Å². The molecule has 0 radical (unpaired) electrons. The smallest absolute Gasteiger partial charge is 0.319 e. The largest absolute Gasteiger partial charge is 0.339 e. The van der Waals surface area contributed by atoms with Crippen LogP contribution in [0.15, 0.2) is 42.7 Å². The maximum atomic E-state index is 12.9. The number of para-hydroxylation sites is 1. The Hall–Kier alpha value is -2.93. The van der Waals surface area contributed by atoms with Gasteiger partial charge in [0.15, 0.2) is 0 Å². The molecule has 2 aliphatic rings. The van der Waals surface area contributed by atoms with E-state index in [1.54, 1.807) is 0 Å². The van der Waals surface area contributed by atoms with Gasteiger partial charge in [-0.05, 0) is 68.4 Å².